The summed E-state index contributed by atoms with van der Waals surface area (Å²) in [5.74, 6) is 1.16. The molecule has 1 N–H and O–H groups in total. The van der Waals surface area contributed by atoms with Crippen molar-refractivity contribution in [3.8, 4) is 0 Å². The summed E-state index contributed by atoms with van der Waals surface area (Å²) in [6, 6.07) is 19.1. The van der Waals surface area contributed by atoms with E-state index in [1.54, 1.807) is 18.3 Å². The molecule has 0 radical (unpaired) electrons. The van der Waals surface area contributed by atoms with E-state index in [0.29, 0.717) is 27.6 Å². The predicted octanol–water partition coefficient (Wildman–Crippen LogP) is 4.74. The van der Waals surface area contributed by atoms with Gasteiger partial charge in [0, 0.05) is 24.1 Å². The fourth-order valence-corrected chi connectivity index (χ4v) is 5.19. The standard InChI is InChI=1S/C28H26N6O2S/c1-4-33-19(3)30-23-15-21(12-13-24(23)33)26(35)32-29-16-22-27(37-17-20-10-6-5-7-11-20)31-25-18(2)9-8-14-34(25)28(22)36/h5-16H,4,17H2,1-3H3,(H,32,35)/b29-16+. The number of nitrogens with one attached hydrogen (secondary N) is 1. The van der Waals surface area contributed by atoms with Crippen LogP contribution in [0.25, 0.3) is 16.7 Å². The number of aryl methyl sites for hydroxylation is 3. The van der Waals surface area contributed by atoms with Gasteiger partial charge in [0.15, 0.2) is 0 Å². The average Bonchev–Trinajstić information content (AvgIpc) is 3.23. The maximum Gasteiger partial charge on any atom is 0.271 e. The molecule has 0 saturated carbocycles. The molecule has 3 heterocycles. The second kappa shape index (κ2) is 10.4. The molecule has 5 rings (SSSR count). The smallest absolute Gasteiger partial charge is 0.271 e. The van der Waals surface area contributed by atoms with Gasteiger partial charge in [0.05, 0.1) is 22.8 Å². The van der Waals surface area contributed by atoms with Gasteiger partial charge < -0.3 is 4.57 Å². The highest BCUT2D eigenvalue weighted by Gasteiger charge is 2.14. The zero-order valence-electron chi connectivity index (χ0n) is 20.8. The normalized spacial score (nSPS) is 11.5. The van der Waals surface area contributed by atoms with Crippen LogP contribution < -0.4 is 11.0 Å². The van der Waals surface area contributed by atoms with Crippen LogP contribution in [-0.2, 0) is 12.3 Å². The van der Waals surface area contributed by atoms with E-state index in [4.69, 9.17) is 4.98 Å². The van der Waals surface area contributed by atoms with Crippen LogP contribution in [0.3, 0.4) is 0 Å². The number of nitrogens with zero attached hydrogens (tertiary/aromatic N) is 5. The van der Waals surface area contributed by atoms with Gasteiger partial charge in [-0.2, -0.15) is 5.10 Å². The van der Waals surface area contributed by atoms with Crippen molar-refractivity contribution < 1.29 is 4.79 Å². The summed E-state index contributed by atoms with van der Waals surface area (Å²) in [6.45, 7) is 6.72. The molecule has 2 aromatic carbocycles. The quantitative estimate of drug-likeness (QED) is 0.148. The fraction of sp³-hybridized carbons (Fsp3) is 0.179. The minimum atomic E-state index is -0.384. The number of hydrogen-bond donors (Lipinski definition) is 1. The molecule has 0 unspecified atom stereocenters. The van der Waals surface area contributed by atoms with Crippen molar-refractivity contribution in [2.24, 2.45) is 5.10 Å². The zero-order valence-corrected chi connectivity index (χ0v) is 21.6. The number of carbonyl (C=O) groups excluding carboxylic acids is 1. The van der Waals surface area contributed by atoms with Gasteiger partial charge in [0.25, 0.3) is 11.5 Å². The molecule has 0 spiro atoms. The Morgan fingerprint density at radius 1 is 1.08 bits per heavy atom. The number of amides is 1. The minimum absolute atomic E-state index is 0.246. The average molecular weight is 511 g/mol. The van der Waals surface area contributed by atoms with E-state index in [2.05, 4.69) is 27.0 Å². The third kappa shape index (κ3) is 4.90. The van der Waals surface area contributed by atoms with Gasteiger partial charge in [0.1, 0.15) is 16.5 Å². The van der Waals surface area contributed by atoms with E-state index in [0.717, 1.165) is 34.5 Å². The van der Waals surface area contributed by atoms with Crippen LogP contribution in [0, 0.1) is 13.8 Å². The topological polar surface area (TPSA) is 93.7 Å². The van der Waals surface area contributed by atoms with Crippen molar-refractivity contribution in [3.63, 3.8) is 0 Å². The summed E-state index contributed by atoms with van der Waals surface area (Å²) in [5.41, 5.74) is 7.40. The number of carbonyl (C=O) groups is 1. The molecular formula is C28H26N6O2S. The monoisotopic (exact) mass is 510 g/mol. The molecule has 9 heteroatoms. The summed E-state index contributed by atoms with van der Waals surface area (Å²) in [4.78, 5) is 35.5. The van der Waals surface area contributed by atoms with Crippen molar-refractivity contribution in [1.29, 1.82) is 0 Å². The van der Waals surface area contributed by atoms with E-state index in [-0.39, 0.29) is 11.5 Å². The van der Waals surface area contributed by atoms with Crippen LogP contribution in [0.1, 0.15) is 39.8 Å². The van der Waals surface area contributed by atoms with Crippen LogP contribution in [0.15, 0.2) is 81.8 Å². The van der Waals surface area contributed by atoms with E-state index >= 15 is 0 Å². The van der Waals surface area contributed by atoms with E-state index in [1.807, 2.05) is 62.4 Å². The molecule has 1 amide bonds. The number of benzene rings is 2. The first kappa shape index (κ1) is 24.5. The number of imidazole rings is 1. The maximum absolute atomic E-state index is 13.4. The summed E-state index contributed by atoms with van der Waals surface area (Å²) in [5, 5.41) is 4.68. The lowest BCUT2D eigenvalue weighted by molar-refractivity contribution is 0.0955. The molecule has 0 atom stereocenters. The van der Waals surface area contributed by atoms with Gasteiger partial charge in [-0.1, -0.05) is 36.4 Å². The Morgan fingerprint density at radius 3 is 2.68 bits per heavy atom. The lowest BCUT2D eigenvalue weighted by Gasteiger charge is -2.09. The third-order valence-electron chi connectivity index (χ3n) is 6.14. The molecule has 5 aromatic rings. The molecule has 186 valence electrons. The first-order chi connectivity index (χ1) is 18.0. The Morgan fingerprint density at radius 2 is 1.89 bits per heavy atom. The number of hydrogen-bond acceptors (Lipinski definition) is 6. The number of fused-ring (bicyclic) bond motifs is 2. The molecule has 0 aliphatic carbocycles. The minimum Gasteiger partial charge on any atom is -0.329 e. The van der Waals surface area contributed by atoms with Gasteiger partial charge in [-0.3, -0.25) is 14.0 Å². The van der Waals surface area contributed by atoms with Gasteiger partial charge in [-0.05, 0) is 56.2 Å². The van der Waals surface area contributed by atoms with Crippen molar-refractivity contribution in [2.45, 2.75) is 38.1 Å². The summed E-state index contributed by atoms with van der Waals surface area (Å²) < 4.78 is 3.59. The Hall–Kier alpha value is -4.24. The molecule has 0 bridgehead atoms. The number of rotatable bonds is 7. The highest BCUT2D eigenvalue weighted by Crippen LogP contribution is 2.23. The van der Waals surface area contributed by atoms with E-state index < -0.39 is 0 Å². The van der Waals surface area contributed by atoms with E-state index in [9.17, 15) is 9.59 Å². The third-order valence-corrected chi connectivity index (χ3v) is 7.21. The second-order valence-electron chi connectivity index (χ2n) is 8.60. The van der Waals surface area contributed by atoms with Gasteiger partial charge in [0.2, 0.25) is 0 Å². The Bertz CT molecular complexity index is 1710. The molecule has 0 fully saturated rings. The van der Waals surface area contributed by atoms with Crippen LogP contribution in [-0.4, -0.2) is 31.1 Å². The largest absolute Gasteiger partial charge is 0.329 e. The Balaban J connectivity index is 1.43. The first-order valence-corrected chi connectivity index (χ1v) is 12.9. The highest BCUT2D eigenvalue weighted by atomic mass is 32.2. The van der Waals surface area contributed by atoms with Crippen molar-refractivity contribution in [3.05, 3.63) is 105 Å². The molecule has 0 saturated heterocycles. The Kier molecular flexibility index (Phi) is 6.87. The SMILES string of the molecule is CCn1c(C)nc2cc(C(=O)N/N=C/c3c(SCc4ccccc4)nc4c(C)cccn4c3=O)ccc21. The fourth-order valence-electron chi connectivity index (χ4n) is 4.25. The summed E-state index contributed by atoms with van der Waals surface area (Å²) in [6.07, 6.45) is 3.07. The van der Waals surface area contributed by atoms with Gasteiger partial charge in [-0.25, -0.2) is 15.4 Å². The molecule has 0 aliphatic heterocycles. The lowest BCUT2D eigenvalue weighted by Crippen LogP contribution is -2.23. The van der Waals surface area contributed by atoms with Crippen LogP contribution in [0.5, 0.6) is 0 Å². The van der Waals surface area contributed by atoms with Crippen molar-refractivity contribution >= 4 is 40.6 Å². The van der Waals surface area contributed by atoms with Crippen molar-refractivity contribution in [2.75, 3.05) is 0 Å². The highest BCUT2D eigenvalue weighted by molar-refractivity contribution is 7.98. The lowest BCUT2D eigenvalue weighted by atomic mass is 10.2. The zero-order chi connectivity index (χ0) is 25.9. The summed E-state index contributed by atoms with van der Waals surface area (Å²) in [7, 11) is 0. The molecule has 0 aliphatic rings. The first-order valence-electron chi connectivity index (χ1n) is 11.9. The predicted molar refractivity (Wildman–Crippen MR) is 147 cm³/mol. The van der Waals surface area contributed by atoms with Gasteiger partial charge >= 0.3 is 0 Å². The molecule has 3 aromatic heterocycles. The van der Waals surface area contributed by atoms with Crippen LogP contribution in [0.4, 0.5) is 0 Å². The van der Waals surface area contributed by atoms with Crippen molar-refractivity contribution in [1.82, 2.24) is 24.4 Å². The van der Waals surface area contributed by atoms with Crippen LogP contribution >= 0.6 is 11.8 Å². The molecular weight excluding hydrogens is 484 g/mol. The maximum atomic E-state index is 13.4. The van der Waals surface area contributed by atoms with Gasteiger partial charge in [-0.15, -0.1) is 11.8 Å². The Labute approximate surface area is 218 Å². The number of hydrazone groups is 1. The van der Waals surface area contributed by atoms with E-state index in [1.165, 1.54) is 22.4 Å². The van der Waals surface area contributed by atoms with Crippen LogP contribution in [0.2, 0.25) is 0 Å². The number of aromatic nitrogens is 4. The molecule has 37 heavy (non-hydrogen) atoms. The summed E-state index contributed by atoms with van der Waals surface area (Å²) >= 11 is 1.46. The number of thioether (sulfide) groups is 1. The number of pyridine rings is 1. The molecule has 8 nitrogen and oxygen atoms in total. The second-order valence-corrected chi connectivity index (χ2v) is 9.56.